The van der Waals surface area contributed by atoms with Gasteiger partial charge in [-0.25, -0.2) is 0 Å². The Labute approximate surface area is 210 Å². The number of nitrogens with two attached hydrogens (primary N) is 1. The number of ether oxygens (including phenoxy) is 1. The van der Waals surface area contributed by atoms with Crippen molar-refractivity contribution in [2.24, 2.45) is 17.6 Å². The number of nitrogens with one attached hydrogen (secondary N) is 2. The number of allylic oxidation sites excluding steroid dienone is 1. The fourth-order valence-electron chi connectivity index (χ4n) is 7.25. The van der Waals surface area contributed by atoms with Crippen LogP contribution in [0.25, 0.3) is 0 Å². The summed E-state index contributed by atoms with van der Waals surface area (Å²) >= 11 is 0. The molecule has 1 aromatic rings. The van der Waals surface area contributed by atoms with Gasteiger partial charge in [-0.2, -0.15) is 0 Å². The van der Waals surface area contributed by atoms with Gasteiger partial charge in [-0.1, -0.05) is 6.07 Å². The maximum Gasteiger partial charge on any atom is 0.237 e. The highest BCUT2D eigenvalue weighted by Gasteiger charge is 2.65. The third-order valence-electron chi connectivity index (χ3n) is 9.26. The average molecular weight is 495 g/mol. The summed E-state index contributed by atoms with van der Waals surface area (Å²) in [5, 5.41) is 18.2. The van der Waals surface area contributed by atoms with E-state index >= 15 is 0 Å². The average Bonchev–Trinajstić information content (AvgIpc) is 3.66. The standard InChI is InChI=1S/C27H34N4O5/c1-36-18-5-4-16-9-22-27(35)11-17-8-19(24(33)29-13-23(28)32)25(34)30-21(17)12-26(27,20(16)10-18)6-7-31(22)14-15-2-3-15/h4-5,10,15,19,22,35H,2-3,6-9,11-14H2,1H3,(H2,28,32)(H,29,33)(H,30,34)/t19?,22-,26?,27?/m1/s1. The zero-order valence-corrected chi connectivity index (χ0v) is 20.6. The fourth-order valence-corrected chi connectivity index (χ4v) is 7.25. The minimum Gasteiger partial charge on any atom is -0.497 e. The number of primary amides is 1. The summed E-state index contributed by atoms with van der Waals surface area (Å²) in [6.07, 6.45) is 5.24. The highest BCUT2D eigenvalue weighted by molar-refractivity contribution is 6.03. The van der Waals surface area contributed by atoms with Crippen molar-refractivity contribution in [2.75, 3.05) is 26.7 Å². The second-order valence-corrected chi connectivity index (χ2v) is 11.3. The van der Waals surface area contributed by atoms with E-state index < -0.39 is 28.7 Å². The lowest BCUT2D eigenvalue weighted by molar-refractivity contribution is -0.155. The predicted octanol–water partition coefficient (Wildman–Crippen LogP) is 0.490. The molecule has 192 valence electrons. The second-order valence-electron chi connectivity index (χ2n) is 11.3. The van der Waals surface area contributed by atoms with Crippen molar-refractivity contribution in [3.05, 3.63) is 40.6 Å². The number of hydrogen-bond donors (Lipinski definition) is 4. The van der Waals surface area contributed by atoms with Gasteiger partial charge in [-0.05, 0) is 73.4 Å². The van der Waals surface area contributed by atoms with E-state index in [4.69, 9.17) is 10.5 Å². The van der Waals surface area contributed by atoms with Crippen LogP contribution in [0, 0.1) is 11.8 Å². The molecule has 9 heteroatoms. The Balaban J connectivity index is 1.39. The maximum absolute atomic E-state index is 13.0. The first-order valence-corrected chi connectivity index (χ1v) is 13.0. The van der Waals surface area contributed by atoms with E-state index in [1.165, 1.54) is 18.4 Å². The molecule has 0 radical (unpaired) electrons. The van der Waals surface area contributed by atoms with Gasteiger partial charge in [-0.3, -0.25) is 19.3 Å². The van der Waals surface area contributed by atoms with Gasteiger partial charge in [-0.15, -0.1) is 0 Å². The molecule has 3 amide bonds. The van der Waals surface area contributed by atoms with E-state index in [-0.39, 0.29) is 24.9 Å². The quantitative estimate of drug-likeness (QED) is 0.426. The molecule has 3 aliphatic carbocycles. The van der Waals surface area contributed by atoms with Crippen LogP contribution in [0.3, 0.4) is 0 Å². The van der Waals surface area contributed by atoms with Crippen LogP contribution in [0.15, 0.2) is 29.5 Å². The van der Waals surface area contributed by atoms with E-state index in [0.29, 0.717) is 18.8 Å². The summed E-state index contributed by atoms with van der Waals surface area (Å²) in [6.45, 7) is 1.61. The van der Waals surface area contributed by atoms with E-state index in [0.717, 1.165) is 48.5 Å². The van der Waals surface area contributed by atoms with Gasteiger partial charge in [0.2, 0.25) is 17.7 Å². The van der Waals surface area contributed by atoms with Crippen molar-refractivity contribution in [3.63, 3.8) is 0 Å². The number of aliphatic hydroxyl groups is 1. The molecule has 1 aromatic carbocycles. The van der Waals surface area contributed by atoms with Crippen molar-refractivity contribution < 1.29 is 24.2 Å². The van der Waals surface area contributed by atoms with Gasteiger partial charge in [0, 0.05) is 36.5 Å². The Morgan fingerprint density at radius 2 is 2.08 bits per heavy atom. The van der Waals surface area contributed by atoms with Gasteiger partial charge in [0.1, 0.15) is 11.7 Å². The summed E-state index contributed by atoms with van der Waals surface area (Å²) in [4.78, 5) is 39.2. The summed E-state index contributed by atoms with van der Waals surface area (Å²) < 4.78 is 5.56. The van der Waals surface area contributed by atoms with E-state index in [9.17, 15) is 19.5 Å². The molecule has 0 spiro atoms. The topological polar surface area (TPSA) is 134 Å². The number of likely N-dealkylation sites (tertiary alicyclic amines) is 1. The van der Waals surface area contributed by atoms with Gasteiger partial charge in [0.15, 0.2) is 0 Å². The van der Waals surface area contributed by atoms with E-state index in [1.807, 2.05) is 6.07 Å². The van der Waals surface area contributed by atoms with Gasteiger partial charge < -0.3 is 26.2 Å². The van der Waals surface area contributed by atoms with Crippen LogP contribution in [0.5, 0.6) is 5.75 Å². The number of fused-ring (bicyclic) bond motifs is 1. The zero-order chi connectivity index (χ0) is 25.2. The third-order valence-corrected chi connectivity index (χ3v) is 9.26. The van der Waals surface area contributed by atoms with Gasteiger partial charge in [0.05, 0.1) is 19.3 Å². The summed E-state index contributed by atoms with van der Waals surface area (Å²) in [6, 6.07) is 6.17. The highest BCUT2D eigenvalue weighted by atomic mass is 16.5. The fraction of sp³-hybridized carbons (Fsp3) is 0.593. The number of carbonyl (C=O) groups is 3. The van der Waals surface area contributed by atoms with Crippen molar-refractivity contribution in [2.45, 2.75) is 62.0 Å². The lowest BCUT2D eigenvalue weighted by atomic mass is 9.49. The Bertz CT molecular complexity index is 1180. The van der Waals surface area contributed by atoms with E-state index in [2.05, 4.69) is 27.7 Å². The first kappa shape index (κ1) is 23.5. The molecule has 2 heterocycles. The number of rotatable bonds is 6. The molecule has 3 unspecified atom stereocenters. The molecule has 2 bridgehead atoms. The Hall–Kier alpha value is -2.91. The van der Waals surface area contributed by atoms with Gasteiger partial charge >= 0.3 is 0 Å². The maximum atomic E-state index is 13.0. The molecule has 5 N–H and O–H groups in total. The normalized spacial score (nSPS) is 33.1. The Kier molecular flexibility index (Phi) is 5.42. The summed E-state index contributed by atoms with van der Waals surface area (Å²) in [5.74, 6) is -1.01. The molecule has 1 saturated heterocycles. The molecule has 0 aromatic heterocycles. The van der Waals surface area contributed by atoms with Crippen LogP contribution in [-0.4, -0.2) is 66.1 Å². The third kappa shape index (κ3) is 3.55. The van der Waals surface area contributed by atoms with Crippen LogP contribution >= 0.6 is 0 Å². The van der Waals surface area contributed by atoms with Crippen molar-refractivity contribution in [1.82, 2.24) is 15.5 Å². The van der Waals surface area contributed by atoms with Crippen molar-refractivity contribution in [1.29, 1.82) is 0 Å². The SMILES string of the molecule is COc1ccc2c(c1)C13CCN(CC4CC4)[C@H](C2)C1(O)CC1=C(C3)NC(=O)C(C(=O)NCC(N)=O)C1. The smallest absolute Gasteiger partial charge is 0.237 e. The Morgan fingerprint density at radius 3 is 2.81 bits per heavy atom. The Morgan fingerprint density at radius 1 is 1.28 bits per heavy atom. The monoisotopic (exact) mass is 494 g/mol. The number of methoxy groups -OCH3 is 1. The minimum atomic E-state index is -1.02. The number of piperidine rings is 1. The van der Waals surface area contributed by atoms with Crippen LogP contribution < -0.4 is 21.1 Å². The second kappa shape index (κ2) is 8.31. The lowest BCUT2D eigenvalue weighted by Gasteiger charge is -2.64. The largest absolute Gasteiger partial charge is 0.497 e. The molecule has 5 aliphatic rings. The molecule has 1 saturated carbocycles. The van der Waals surface area contributed by atoms with Crippen LogP contribution in [0.1, 0.15) is 49.7 Å². The van der Waals surface area contributed by atoms with Crippen molar-refractivity contribution in [3.8, 4) is 5.75 Å². The molecular formula is C27H34N4O5. The molecule has 2 fully saturated rings. The number of nitrogens with zero attached hydrogens (tertiary/aromatic N) is 1. The minimum absolute atomic E-state index is 0.0263. The molecule has 9 nitrogen and oxygen atoms in total. The molecule has 36 heavy (non-hydrogen) atoms. The molecule has 6 rings (SSSR count). The zero-order valence-electron chi connectivity index (χ0n) is 20.6. The summed E-state index contributed by atoms with van der Waals surface area (Å²) in [7, 11) is 1.65. The molecular weight excluding hydrogens is 460 g/mol. The predicted molar refractivity (Wildman–Crippen MR) is 131 cm³/mol. The van der Waals surface area contributed by atoms with Crippen molar-refractivity contribution >= 4 is 17.7 Å². The molecule has 2 aliphatic heterocycles. The molecule has 4 atom stereocenters. The van der Waals surface area contributed by atoms with Gasteiger partial charge in [0.25, 0.3) is 0 Å². The highest BCUT2D eigenvalue weighted by Crippen LogP contribution is 2.60. The van der Waals surface area contributed by atoms with Crippen LogP contribution in [-0.2, 0) is 26.2 Å². The number of carbonyl (C=O) groups excluding carboxylic acids is 3. The van der Waals surface area contributed by atoms with Crippen LogP contribution in [0.4, 0.5) is 0 Å². The first-order chi connectivity index (χ1) is 17.2. The van der Waals surface area contributed by atoms with E-state index in [1.54, 1.807) is 7.11 Å². The number of benzene rings is 1. The summed E-state index contributed by atoms with van der Waals surface area (Å²) in [5.41, 5.74) is 7.71. The lowest BCUT2D eigenvalue weighted by Crippen LogP contribution is -2.73. The van der Waals surface area contributed by atoms with Crippen LogP contribution in [0.2, 0.25) is 0 Å². The first-order valence-electron chi connectivity index (χ1n) is 13.0. The number of amides is 3. The number of hydrogen-bond acceptors (Lipinski definition) is 6.